The summed E-state index contributed by atoms with van der Waals surface area (Å²) in [6.07, 6.45) is -1.33. The molecule has 35 heavy (non-hydrogen) atoms. The molecule has 1 aliphatic heterocycles. The molecule has 1 fully saturated rings. The lowest BCUT2D eigenvalue weighted by Crippen LogP contribution is -2.53. The Labute approximate surface area is 201 Å². The number of hydrogen-bond donors (Lipinski definition) is 1. The first-order valence-electron chi connectivity index (χ1n) is 12.4. The largest absolute Gasteiger partial charge is 0.479 e. The van der Waals surface area contributed by atoms with Gasteiger partial charge in [-0.05, 0) is 37.2 Å². The molecule has 13 heteroatoms. The van der Waals surface area contributed by atoms with Gasteiger partial charge in [0.2, 0.25) is 18.3 Å². The van der Waals surface area contributed by atoms with Crippen LogP contribution in [-0.2, 0) is 6.54 Å². The molecule has 0 bridgehead atoms. The van der Waals surface area contributed by atoms with E-state index in [1.165, 1.54) is 16.3 Å². The van der Waals surface area contributed by atoms with Gasteiger partial charge >= 0.3 is 0 Å². The molecule has 1 aromatic carbocycles. The van der Waals surface area contributed by atoms with E-state index in [0.717, 1.165) is 4.90 Å². The summed E-state index contributed by atoms with van der Waals surface area (Å²) in [6, 6.07) is 5.64. The van der Waals surface area contributed by atoms with Crippen LogP contribution in [-0.4, -0.2) is 80.1 Å². The van der Waals surface area contributed by atoms with E-state index in [0.29, 0.717) is 27.7 Å². The highest BCUT2D eigenvalue weighted by Gasteiger charge is 2.44. The maximum absolute atomic E-state index is 14.8. The van der Waals surface area contributed by atoms with Crippen molar-refractivity contribution in [1.29, 1.82) is 0 Å². The highest BCUT2D eigenvalue weighted by atomic mass is 19.3. The van der Waals surface area contributed by atoms with Crippen LogP contribution in [0.2, 0.25) is 0 Å². The predicted octanol–water partition coefficient (Wildman–Crippen LogP) is 3.56. The Morgan fingerprint density at radius 1 is 1.31 bits per heavy atom. The molecule has 0 unspecified atom stereocenters. The van der Waals surface area contributed by atoms with E-state index in [9.17, 15) is 17.6 Å². The number of ether oxygens (including phenoxy) is 1. The van der Waals surface area contributed by atoms with E-state index < -0.39 is 31.9 Å². The molecule has 186 valence electrons. The van der Waals surface area contributed by atoms with E-state index in [1.807, 2.05) is 0 Å². The summed E-state index contributed by atoms with van der Waals surface area (Å²) in [5.74, 6) is -3.32. The second-order valence-corrected chi connectivity index (χ2v) is 8.33. The van der Waals surface area contributed by atoms with Crippen molar-refractivity contribution < 1.29 is 26.4 Å². The molecule has 9 nitrogen and oxygen atoms in total. The van der Waals surface area contributed by atoms with Gasteiger partial charge in [-0.1, -0.05) is 11.3 Å². The smallest absolute Gasteiger partial charge is 0.280 e. The molecular weight excluding hydrogens is 468 g/mol. The summed E-state index contributed by atoms with van der Waals surface area (Å²) in [7, 11) is 1.39. The summed E-state index contributed by atoms with van der Waals surface area (Å²) in [5, 5.41) is 14.9. The maximum Gasteiger partial charge on any atom is 0.280 e. The van der Waals surface area contributed by atoms with Crippen molar-refractivity contribution in [1.82, 2.24) is 34.5 Å². The fraction of sp³-hybridized carbons (Fsp3) is 0.455. The molecule has 0 radical (unpaired) electrons. The number of piperidine rings is 1. The second-order valence-electron chi connectivity index (χ2n) is 8.33. The third-order valence-corrected chi connectivity index (χ3v) is 5.96. The van der Waals surface area contributed by atoms with Gasteiger partial charge in [0, 0.05) is 35.4 Å². The lowest BCUT2D eigenvalue weighted by Gasteiger charge is -2.36. The minimum atomic E-state index is -3.34. The molecule has 0 saturated carbocycles. The van der Waals surface area contributed by atoms with Crippen LogP contribution in [0.4, 0.5) is 23.5 Å². The summed E-state index contributed by atoms with van der Waals surface area (Å²) in [6.45, 7) is -3.55. The lowest BCUT2D eigenvalue weighted by molar-refractivity contribution is -0.0675. The van der Waals surface area contributed by atoms with Gasteiger partial charge in [0.05, 0.1) is 25.2 Å². The number of anilines is 1. The molecule has 0 amide bonds. The third kappa shape index (κ3) is 4.47. The standard InChI is InChI=1S/C22H24F4N8O/c1-32-8-6-17(22(25,26)12-32)27-21-28-20(35-2)19-14(5-9-34(19)30-21)13-3-4-15-16(11-13)33(31-29-15)10-7-18(23)24/h3-5,9,11,17-18H,6-8,10,12H2,1-2H3,(H,27,30)/t17-/m1/s1/i1D3. The summed E-state index contributed by atoms with van der Waals surface area (Å²) < 4.78 is 85.6. The van der Waals surface area contributed by atoms with Crippen LogP contribution >= 0.6 is 0 Å². The zero-order valence-electron chi connectivity index (χ0n) is 21.6. The average molecular weight is 495 g/mol. The Kier molecular flexibility index (Phi) is 5.06. The first-order chi connectivity index (χ1) is 18.0. The second kappa shape index (κ2) is 8.95. The van der Waals surface area contributed by atoms with Gasteiger partial charge in [0.1, 0.15) is 11.0 Å². The number of aromatic nitrogens is 6. The molecule has 0 spiro atoms. The first-order valence-corrected chi connectivity index (χ1v) is 10.9. The maximum atomic E-state index is 14.8. The summed E-state index contributed by atoms with van der Waals surface area (Å²) in [5.41, 5.74) is 2.95. The number of benzene rings is 1. The number of hydrogen-bond acceptors (Lipinski definition) is 7. The highest BCUT2D eigenvalue weighted by Crippen LogP contribution is 2.34. The fourth-order valence-corrected chi connectivity index (χ4v) is 4.22. The van der Waals surface area contributed by atoms with Crippen LogP contribution in [0.25, 0.3) is 27.7 Å². The lowest BCUT2D eigenvalue weighted by atomic mass is 10.0. The van der Waals surface area contributed by atoms with Gasteiger partial charge in [-0.25, -0.2) is 26.8 Å². The number of nitrogens with zero attached hydrogens (tertiary/aromatic N) is 7. The van der Waals surface area contributed by atoms with Gasteiger partial charge in [-0.2, -0.15) is 4.98 Å². The van der Waals surface area contributed by atoms with Crippen molar-refractivity contribution >= 4 is 22.5 Å². The van der Waals surface area contributed by atoms with Crippen LogP contribution in [0.15, 0.2) is 30.5 Å². The number of halogens is 4. The van der Waals surface area contributed by atoms with Gasteiger partial charge in [-0.3, -0.25) is 0 Å². The van der Waals surface area contributed by atoms with Gasteiger partial charge < -0.3 is 15.0 Å². The number of nitrogens with one attached hydrogen (secondary N) is 1. The van der Waals surface area contributed by atoms with Crippen molar-refractivity contribution in [2.24, 2.45) is 0 Å². The number of rotatable bonds is 7. The van der Waals surface area contributed by atoms with Crippen molar-refractivity contribution in [3.8, 4) is 17.0 Å². The molecule has 1 N–H and O–H groups in total. The van der Waals surface area contributed by atoms with Gasteiger partial charge in [-0.15, -0.1) is 10.2 Å². The Balaban J connectivity index is 1.45. The van der Waals surface area contributed by atoms with E-state index in [4.69, 9.17) is 8.85 Å². The van der Waals surface area contributed by atoms with Crippen LogP contribution in [0.1, 0.15) is 17.0 Å². The van der Waals surface area contributed by atoms with E-state index >= 15 is 0 Å². The van der Waals surface area contributed by atoms with E-state index in [1.54, 1.807) is 30.5 Å². The molecule has 5 rings (SSSR count). The summed E-state index contributed by atoms with van der Waals surface area (Å²) in [4.78, 5) is 5.06. The van der Waals surface area contributed by atoms with Crippen molar-refractivity contribution in [2.75, 3.05) is 32.5 Å². The monoisotopic (exact) mass is 495 g/mol. The average Bonchev–Trinajstić information content (AvgIpc) is 3.46. The van der Waals surface area contributed by atoms with Crippen molar-refractivity contribution in [3.05, 3.63) is 30.5 Å². The SMILES string of the molecule is [2H]C([2H])([2H])N1CC[C@@H](Nc2nc(OC)c3c(-c4ccc5nnn(CCC(F)F)c5c4)ccn3n2)C(F)(F)C1. The Bertz CT molecular complexity index is 1460. The normalized spacial score (nSPS) is 20.2. The van der Waals surface area contributed by atoms with Crippen LogP contribution in [0.3, 0.4) is 0 Å². The molecular formula is C22H24F4N8O. The van der Waals surface area contributed by atoms with Crippen LogP contribution < -0.4 is 10.1 Å². The topological polar surface area (TPSA) is 85.4 Å². The zero-order chi connectivity index (χ0) is 27.2. The van der Waals surface area contributed by atoms with Gasteiger partial charge in [0.25, 0.3) is 5.92 Å². The number of aryl methyl sites for hydroxylation is 1. The number of likely N-dealkylation sites (tertiary alicyclic amines) is 1. The quantitative estimate of drug-likeness (QED) is 0.393. The molecule has 1 aliphatic rings. The molecule has 4 aromatic rings. The minimum absolute atomic E-state index is 0.00547. The molecule has 0 aliphatic carbocycles. The van der Waals surface area contributed by atoms with Crippen LogP contribution in [0.5, 0.6) is 5.88 Å². The molecule has 1 atom stereocenters. The fourth-order valence-electron chi connectivity index (χ4n) is 4.22. The highest BCUT2D eigenvalue weighted by molar-refractivity contribution is 5.89. The first kappa shape index (κ1) is 19.8. The van der Waals surface area contributed by atoms with E-state index in [2.05, 4.69) is 25.7 Å². The Morgan fingerprint density at radius 3 is 2.91 bits per heavy atom. The third-order valence-electron chi connectivity index (χ3n) is 5.96. The molecule has 1 saturated heterocycles. The van der Waals surface area contributed by atoms with Gasteiger partial charge in [0.15, 0.2) is 0 Å². The molecule has 3 aromatic heterocycles. The van der Waals surface area contributed by atoms with Crippen molar-refractivity contribution in [2.45, 2.75) is 37.8 Å². The predicted molar refractivity (Wildman–Crippen MR) is 121 cm³/mol. The van der Waals surface area contributed by atoms with Crippen LogP contribution in [0, 0.1) is 0 Å². The molecule has 4 heterocycles. The van der Waals surface area contributed by atoms with E-state index in [-0.39, 0.29) is 37.8 Å². The number of methoxy groups -OCH3 is 1. The number of alkyl halides is 4. The zero-order valence-corrected chi connectivity index (χ0v) is 18.6. The Morgan fingerprint density at radius 2 is 2.17 bits per heavy atom. The minimum Gasteiger partial charge on any atom is -0.479 e. The number of fused-ring (bicyclic) bond motifs is 2. The summed E-state index contributed by atoms with van der Waals surface area (Å²) >= 11 is 0. The van der Waals surface area contributed by atoms with Crippen molar-refractivity contribution in [3.63, 3.8) is 0 Å². The Hall–Kier alpha value is -3.48.